The first-order valence-electron chi connectivity index (χ1n) is 5.31. The molecule has 0 bridgehead atoms. The number of aryl methyl sites for hydroxylation is 1. The number of anilines is 1. The predicted octanol–water partition coefficient (Wildman–Crippen LogP) is 4.27. The third-order valence-corrected chi connectivity index (χ3v) is 3.46. The lowest BCUT2D eigenvalue weighted by Gasteiger charge is -2.05. The first-order valence-corrected chi connectivity index (χ1v) is 6.48. The van der Waals surface area contributed by atoms with Gasteiger partial charge in [-0.05, 0) is 34.1 Å². The summed E-state index contributed by atoms with van der Waals surface area (Å²) in [6, 6.07) is 5.86. The summed E-state index contributed by atoms with van der Waals surface area (Å²) in [4.78, 5) is 4.04. The van der Waals surface area contributed by atoms with Crippen LogP contribution in [0.1, 0.15) is 18.4 Å². The van der Waals surface area contributed by atoms with Gasteiger partial charge in [0, 0.05) is 6.42 Å². The van der Waals surface area contributed by atoms with E-state index in [1.54, 1.807) is 6.20 Å². The lowest BCUT2D eigenvalue weighted by molar-refractivity contribution is 0.476. The van der Waals surface area contributed by atoms with E-state index in [9.17, 15) is 0 Å². The van der Waals surface area contributed by atoms with E-state index < -0.39 is 0 Å². The van der Waals surface area contributed by atoms with Gasteiger partial charge < -0.3 is 9.73 Å². The molecule has 2 aromatic rings. The molecule has 2 aromatic heterocycles. The highest BCUT2D eigenvalue weighted by molar-refractivity contribution is 9.10. The van der Waals surface area contributed by atoms with Gasteiger partial charge in [-0.15, -0.1) is 0 Å². The summed E-state index contributed by atoms with van der Waals surface area (Å²) < 4.78 is 6.36. The van der Waals surface area contributed by atoms with Gasteiger partial charge in [-0.25, -0.2) is 4.98 Å². The molecule has 0 saturated heterocycles. The number of aromatic nitrogens is 1. The molecular weight excluding hydrogens is 304 g/mol. The second-order valence-electron chi connectivity index (χ2n) is 3.57. The van der Waals surface area contributed by atoms with Crippen LogP contribution in [0, 0.1) is 0 Å². The Morgan fingerprint density at radius 1 is 1.41 bits per heavy atom. The molecule has 17 heavy (non-hydrogen) atoms. The number of pyridine rings is 1. The van der Waals surface area contributed by atoms with Crippen molar-refractivity contribution in [3.05, 3.63) is 45.5 Å². The third kappa shape index (κ3) is 3.23. The van der Waals surface area contributed by atoms with E-state index in [1.165, 1.54) is 0 Å². The van der Waals surface area contributed by atoms with Crippen molar-refractivity contribution in [3.63, 3.8) is 0 Å². The molecule has 0 radical (unpaired) electrons. The van der Waals surface area contributed by atoms with Crippen LogP contribution in [-0.2, 0) is 13.0 Å². The first kappa shape index (κ1) is 12.5. The smallest absolute Gasteiger partial charge is 0.143 e. The van der Waals surface area contributed by atoms with Gasteiger partial charge >= 0.3 is 0 Å². The molecular formula is C12H12BrClN2O. The molecule has 0 saturated carbocycles. The minimum absolute atomic E-state index is 0.460. The molecule has 0 fully saturated rings. The number of hydrogen-bond acceptors (Lipinski definition) is 3. The summed E-state index contributed by atoms with van der Waals surface area (Å²) in [6.07, 6.45) is 2.60. The van der Waals surface area contributed by atoms with Crippen molar-refractivity contribution in [2.45, 2.75) is 19.9 Å². The fraction of sp³-hybridized carbons (Fsp3) is 0.250. The molecule has 2 rings (SSSR count). The monoisotopic (exact) mass is 314 g/mol. The Labute approximate surface area is 113 Å². The lowest BCUT2D eigenvalue weighted by Crippen LogP contribution is -1.98. The Hall–Kier alpha value is -1.00. The van der Waals surface area contributed by atoms with Crippen molar-refractivity contribution in [2.24, 2.45) is 0 Å². The summed E-state index contributed by atoms with van der Waals surface area (Å²) >= 11 is 9.15. The van der Waals surface area contributed by atoms with Crippen LogP contribution < -0.4 is 5.32 Å². The quantitative estimate of drug-likeness (QED) is 0.856. The SMILES string of the molecule is CCc1ccc(CNc2cnc(Cl)c(Br)c2)o1. The normalized spacial score (nSPS) is 10.5. The maximum atomic E-state index is 5.82. The van der Waals surface area contributed by atoms with Gasteiger partial charge in [0.25, 0.3) is 0 Å². The van der Waals surface area contributed by atoms with Gasteiger partial charge in [0.1, 0.15) is 16.7 Å². The highest BCUT2D eigenvalue weighted by atomic mass is 79.9. The zero-order valence-electron chi connectivity index (χ0n) is 9.34. The molecule has 90 valence electrons. The average molecular weight is 316 g/mol. The summed E-state index contributed by atoms with van der Waals surface area (Å²) in [7, 11) is 0. The second kappa shape index (κ2) is 5.56. The molecule has 0 unspecified atom stereocenters. The fourth-order valence-electron chi connectivity index (χ4n) is 1.41. The molecule has 0 atom stereocenters. The van der Waals surface area contributed by atoms with Crippen LogP contribution in [-0.4, -0.2) is 4.98 Å². The number of nitrogens with one attached hydrogen (secondary N) is 1. The van der Waals surface area contributed by atoms with Gasteiger partial charge in [0.05, 0.1) is 22.9 Å². The molecule has 3 nitrogen and oxygen atoms in total. The van der Waals surface area contributed by atoms with Gasteiger partial charge in [-0.2, -0.15) is 0 Å². The van der Waals surface area contributed by atoms with Crippen molar-refractivity contribution in [2.75, 3.05) is 5.32 Å². The van der Waals surface area contributed by atoms with Crippen LogP contribution in [0.4, 0.5) is 5.69 Å². The average Bonchev–Trinajstić information content (AvgIpc) is 2.79. The van der Waals surface area contributed by atoms with E-state index in [0.717, 1.165) is 28.1 Å². The minimum atomic E-state index is 0.460. The van der Waals surface area contributed by atoms with Crippen LogP contribution in [0.5, 0.6) is 0 Å². The van der Waals surface area contributed by atoms with Crippen LogP contribution in [0.15, 0.2) is 33.3 Å². The van der Waals surface area contributed by atoms with E-state index >= 15 is 0 Å². The van der Waals surface area contributed by atoms with Crippen molar-refractivity contribution in [3.8, 4) is 0 Å². The van der Waals surface area contributed by atoms with Crippen LogP contribution >= 0.6 is 27.5 Å². The van der Waals surface area contributed by atoms with Crippen LogP contribution in [0.3, 0.4) is 0 Å². The molecule has 0 aliphatic rings. The van der Waals surface area contributed by atoms with Gasteiger partial charge in [-0.1, -0.05) is 18.5 Å². The molecule has 5 heteroatoms. The van der Waals surface area contributed by atoms with Crippen LogP contribution in [0.2, 0.25) is 5.15 Å². The van der Waals surface area contributed by atoms with Gasteiger partial charge in [0.2, 0.25) is 0 Å². The van der Waals surface area contributed by atoms with Crippen molar-refractivity contribution in [1.29, 1.82) is 0 Å². The molecule has 0 spiro atoms. The van der Waals surface area contributed by atoms with E-state index in [2.05, 4.69) is 33.2 Å². The standard InChI is InChI=1S/C12H12BrClN2O/c1-2-9-3-4-10(17-9)7-15-8-5-11(13)12(14)16-6-8/h3-6,15H,2,7H2,1H3. The second-order valence-corrected chi connectivity index (χ2v) is 4.78. The topological polar surface area (TPSA) is 38.1 Å². The molecule has 0 amide bonds. The first-order chi connectivity index (χ1) is 8.19. The van der Waals surface area contributed by atoms with Gasteiger partial charge in [0.15, 0.2) is 0 Å². The highest BCUT2D eigenvalue weighted by Gasteiger charge is 2.02. The largest absolute Gasteiger partial charge is 0.464 e. The maximum absolute atomic E-state index is 5.82. The summed E-state index contributed by atoms with van der Waals surface area (Å²) in [5.74, 6) is 1.91. The Morgan fingerprint density at radius 3 is 2.82 bits per heavy atom. The Morgan fingerprint density at radius 2 is 2.18 bits per heavy atom. The lowest BCUT2D eigenvalue weighted by atomic mass is 10.3. The van der Waals surface area contributed by atoms with Crippen molar-refractivity contribution in [1.82, 2.24) is 4.98 Å². The number of nitrogens with zero attached hydrogens (tertiary/aromatic N) is 1. The minimum Gasteiger partial charge on any atom is -0.464 e. The molecule has 0 aliphatic carbocycles. The van der Waals surface area contributed by atoms with E-state index in [0.29, 0.717) is 11.7 Å². The molecule has 2 heterocycles. The van der Waals surface area contributed by atoms with Gasteiger partial charge in [-0.3, -0.25) is 0 Å². The van der Waals surface area contributed by atoms with E-state index in [1.807, 2.05) is 18.2 Å². The van der Waals surface area contributed by atoms with E-state index in [-0.39, 0.29) is 0 Å². The van der Waals surface area contributed by atoms with Crippen molar-refractivity contribution < 1.29 is 4.42 Å². The maximum Gasteiger partial charge on any atom is 0.143 e. The Balaban J connectivity index is 1.99. The van der Waals surface area contributed by atoms with E-state index in [4.69, 9.17) is 16.0 Å². The molecule has 0 aliphatic heterocycles. The number of hydrogen-bond donors (Lipinski definition) is 1. The molecule has 0 aromatic carbocycles. The Bertz CT molecular complexity index is 513. The zero-order chi connectivity index (χ0) is 12.3. The third-order valence-electron chi connectivity index (χ3n) is 2.33. The summed E-state index contributed by atoms with van der Waals surface area (Å²) in [5.41, 5.74) is 0.899. The van der Waals surface area contributed by atoms with Crippen LogP contribution in [0.25, 0.3) is 0 Å². The predicted molar refractivity (Wildman–Crippen MR) is 72.4 cm³/mol. The number of rotatable bonds is 4. The zero-order valence-corrected chi connectivity index (χ0v) is 11.7. The Kier molecular flexibility index (Phi) is 4.07. The fourth-order valence-corrected chi connectivity index (χ4v) is 1.87. The van der Waals surface area contributed by atoms with Crippen molar-refractivity contribution >= 4 is 33.2 Å². The highest BCUT2D eigenvalue weighted by Crippen LogP contribution is 2.23. The molecule has 1 N–H and O–H groups in total. The number of furan rings is 1. The summed E-state index contributed by atoms with van der Waals surface area (Å²) in [6.45, 7) is 2.70. The summed E-state index contributed by atoms with van der Waals surface area (Å²) in [5, 5.41) is 3.68. The number of halogens is 2.